The number of rotatable bonds is 5. The Kier molecular flexibility index (Phi) is 5.57. The van der Waals surface area contributed by atoms with Gasteiger partial charge in [-0.3, -0.25) is 4.79 Å². The summed E-state index contributed by atoms with van der Waals surface area (Å²) in [6, 6.07) is 8.74. The van der Waals surface area contributed by atoms with E-state index in [0.29, 0.717) is 13.2 Å². The molecule has 25 heavy (non-hydrogen) atoms. The Balaban J connectivity index is 1.78. The first-order valence-corrected chi connectivity index (χ1v) is 8.36. The lowest BCUT2D eigenvalue weighted by atomic mass is 9.97. The van der Waals surface area contributed by atoms with Gasteiger partial charge in [0.1, 0.15) is 0 Å². The highest BCUT2D eigenvalue weighted by Gasteiger charge is 2.23. The van der Waals surface area contributed by atoms with Crippen molar-refractivity contribution in [1.29, 1.82) is 0 Å². The Bertz CT molecular complexity index is 718. The lowest BCUT2D eigenvalue weighted by molar-refractivity contribution is 0.0841. The molecule has 0 radical (unpaired) electrons. The van der Waals surface area contributed by atoms with Gasteiger partial charge in [0, 0.05) is 19.1 Å². The number of hydrogen-bond donors (Lipinski definition) is 3. The molecule has 0 unspecified atom stereocenters. The van der Waals surface area contributed by atoms with Crippen LogP contribution in [0.1, 0.15) is 46.5 Å². The molecule has 7 heteroatoms. The number of aliphatic hydroxyl groups is 1. The summed E-state index contributed by atoms with van der Waals surface area (Å²) in [5.41, 5.74) is 7.51. The normalized spacial score (nSPS) is 16.4. The van der Waals surface area contributed by atoms with Gasteiger partial charge in [-0.05, 0) is 18.4 Å². The minimum atomic E-state index is -0.526. The number of nitrogens with two attached hydrogens (primary N) is 1. The molecule has 1 amide bonds. The first-order valence-electron chi connectivity index (χ1n) is 8.36. The maximum Gasteiger partial charge on any atom is 0.274 e. The van der Waals surface area contributed by atoms with E-state index >= 15 is 0 Å². The number of nitrogen functional groups attached to an aromatic ring is 1. The van der Waals surface area contributed by atoms with Gasteiger partial charge < -0.3 is 20.9 Å². The number of benzene rings is 1. The second-order valence-corrected chi connectivity index (χ2v) is 6.03. The first-order chi connectivity index (χ1) is 12.2. The van der Waals surface area contributed by atoms with Crippen LogP contribution < -0.4 is 11.1 Å². The van der Waals surface area contributed by atoms with Gasteiger partial charge in [-0.2, -0.15) is 0 Å². The molecule has 1 aliphatic heterocycles. The Morgan fingerprint density at radius 2 is 2.04 bits per heavy atom. The summed E-state index contributed by atoms with van der Waals surface area (Å²) in [6.07, 6.45) is 3.33. The zero-order valence-corrected chi connectivity index (χ0v) is 13.9. The van der Waals surface area contributed by atoms with Crippen molar-refractivity contribution < 1.29 is 14.6 Å². The summed E-state index contributed by atoms with van der Waals surface area (Å²) in [7, 11) is 0. The smallest absolute Gasteiger partial charge is 0.274 e. The van der Waals surface area contributed by atoms with Gasteiger partial charge in [0.15, 0.2) is 11.5 Å². The number of nitrogens with one attached hydrogen (secondary N) is 1. The topological polar surface area (TPSA) is 110 Å². The van der Waals surface area contributed by atoms with Crippen molar-refractivity contribution in [2.75, 3.05) is 25.6 Å². The Morgan fingerprint density at radius 1 is 1.32 bits per heavy atom. The van der Waals surface area contributed by atoms with Crippen LogP contribution in [0.3, 0.4) is 0 Å². The molecule has 4 N–H and O–H groups in total. The van der Waals surface area contributed by atoms with E-state index in [0.717, 1.165) is 24.1 Å². The van der Waals surface area contributed by atoms with E-state index in [-0.39, 0.29) is 24.0 Å². The summed E-state index contributed by atoms with van der Waals surface area (Å²) in [4.78, 5) is 21.2. The number of nitrogens with zero attached hydrogens (tertiary/aromatic N) is 2. The van der Waals surface area contributed by atoms with Gasteiger partial charge in [-0.15, -0.1) is 0 Å². The first kappa shape index (κ1) is 17.3. The number of hydrogen-bond acceptors (Lipinski definition) is 6. The molecule has 0 bridgehead atoms. The van der Waals surface area contributed by atoms with Crippen molar-refractivity contribution in [2.45, 2.75) is 24.8 Å². The van der Waals surface area contributed by atoms with E-state index in [2.05, 4.69) is 15.3 Å². The zero-order valence-electron chi connectivity index (χ0n) is 13.9. The molecular formula is C18H22N4O3. The third-order valence-corrected chi connectivity index (χ3v) is 4.36. The summed E-state index contributed by atoms with van der Waals surface area (Å²) in [6.45, 7) is 1.14. The predicted molar refractivity (Wildman–Crippen MR) is 93.0 cm³/mol. The maximum atomic E-state index is 12.6. The molecule has 1 saturated heterocycles. The van der Waals surface area contributed by atoms with Crippen LogP contribution in [0.2, 0.25) is 0 Å². The fraction of sp³-hybridized carbons (Fsp3) is 0.389. The van der Waals surface area contributed by atoms with E-state index in [1.165, 1.54) is 0 Å². The zero-order chi connectivity index (χ0) is 17.6. The van der Waals surface area contributed by atoms with Crippen molar-refractivity contribution in [1.82, 2.24) is 15.3 Å². The van der Waals surface area contributed by atoms with Crippen molar-refractivity contribution >= 4 is 11.7 Å². The minimum Gasteiger partial charge on any atom is -0.394 e. The highest BCUT2D eigenvalue weighted by molar-refractivity contribution is 5.96. The van der Waals surface area contributed by atoms with Crippen LogP contribution in [0.4, 0.5) is 5.82 Å². The number of aromatic nitrogens is 2. The van der Waals surface area contributed by atoms with Crippen LogP contribution in [0, 0.1) is 0 Å². The summed E-state index contributed by atoms with van der Waals surface area (Å²) in [5, 5.41) is 12.4. The van der Waals surface area contributed by atoms with Crippen LogP contribution >= 0.6 is 0 Å². The van der Waals surface area contributed by atoms with Crippen LogP contribution in [-0.4, -0.2) is 40.8 Å². The van der Waals surface area contributed by atoms with Gasteiger partial charge in [0.25, 0.3) is 5.91 Å². The van der Waals surface area contributed by atoms with Crippen molar-refractivity contribution in [3.8, 4) is 0 Å². The molecule has 0 spiro atoms. The van der Waals surface area contributed by atoms with E-state index in [1.807, 2.05) is 30.3 Å². The van der Waals surface area contributed by atoms with E-state index in [9.17, 15) is 9.90 Å². The molecule has 7 nitrogen and oxygen atoms in total. The third kappa shape index (κ3) is 4.12. The summed E-state index contributed by atoms with van der Waals surface area (Å²) in [5.74, 6) is -0.143. The summed E-state index contributed by atoms with van der Waals surface area (Å²) < 4.78 is 5.36. The fourth-order valence-corrected chi connectivity index (χ4v) is 2.92. The van der Waals surface area contributed by atoms with E-state index < -0.39 is 11.9 Å². The summed E-state index contributed by atoms with van der Waals surface area (Å²) >= 11 is 0. The Hall–Kier alpha value is -2.51. The SMILES string of the molecule is Nc1ncc(C2CCOCC2)nc1C(=O)N[C@H](CO)c1ccccc1. The van der Waals surface area contributed by atoms with Gasteiger partial charge >= 0.3 is 0 Å². The molecule has 2 heterocycles. The Labute approximate surface area is 146 Å². The maximum absolute atomic E-state index is 12.6. The predicted octanol–water partition coefficient (Wildman–Crippen LogP) is 1.42. The van der Waals surface area contributed by atoms with Crippen LogP contribution in [0.5, 0.6) is 0 Å². The molecule has 1 atom stereocenters. The molecule has 3 rings (SSSR count). The number of anilines is 1. The fourth-order valence-electron chi connectivity index (χ4n) is 2.92. The van der Waals surface area contributed by atoms with Crippen LogP contribution in [-0.2, 0) is 4.74 Å². The lowest BCUT2D eigenvalue weighted by Gasteiger charge is -2.22. The molecule has 132 valence electrons. The second kappa shape index (κ2) is 8.04. The quantitative estimate of drug-likeness (QED) is 0.758. The van der Waals surface area contributed by atoms with Crippen LogP contribution in [0.25, 0.3) is 0 Å². The van der Waals surface area contributed by atoms with Gasteiger partial charge in [0.2, 0.25) is 0 Å². The van der Waals surface area contributed by atoms with Crippen molar-refractivity contribution in [2.24, 2.45) is 0 Å². The van der Waals surface area contributed by atoms with Gasteiger partial charge in [-0.25, -0.2) is 9.97 Å². The molecule has 0 saturated carbocycles. The van der Waals surface area contributed by atoms with Gasteiger partial charge in [-0.1, -0.05) is 30.3 Å². The van der Waals surface area contributed by atoms with E-state index in [4.69, 9.17) is 10.5 Å². The minimum absolute atomic E-state index is 0.0815. The number of carbonyl (C=O) groups excluding carboxylic acids is 1. The second-order valence-electron chi connectivity index (χ2n) is 6.03. The van der Waals surface area contributed by atoms with E-state index in [1.54, 1.807) is 6.20 Å². The molecule has 1 aromatic carbocycles. The van der Waals surface area contributed by atoms with Crippen molar-refractivity contribution in [3.05, 3.63) is 53.5 Å². The average Bonchev–Trinajstić information content (AvgIpc) is 2.67. The molecule has 2 aromatic rings. The highest BCUT2D eigenvalue weighted by Crippen LogP contribution is 2.26. The molecule has 1 fully saturated rings. The molecule has 0 aliphatic carbocycles. The molecule has 1 aromatic heterocycles. The third-order valence-electron chi connectivity index (χ3n) is 4.36. The van der Waals surface area contributed by atoms with Crippen LogP contribution in [0.15, 0.2) is 36.5 Å². The Morgan fingerprint density at radius 3 is 2.72 bits per heavy atom. The number of amides is 1. The number of ether oxygens (including phenoxy) is 1. The number of aliphatic hydroxyl groups excluding tert-OH is 1. The molecule has 1 aliphatic rings. The van der Waals surface area contributed by atoms with Crippen molar-refractivity contribution in [3.63, 3.8) is 0 Å². The molecular weight excluding hydrogens is 320 g/mol. The average molecular weight is 342 g/mol. The number of carbonyl (C=O) groups is 1. The highest BCUT2D eigenvalue weighted by atomic mass is 16.5. The van der Waals surface area contributed by atoms with Gasteiger partial charge in [0.05, 0.1) is 24.5 Å². The monoisotopic (exact) mass is 342 g/mol. The largest absolute Gasteiger partial charge is 0.394 e. The lowest BCUT2D eigenvalue weighted by Crippen LogP contribution is -2.32. The standard InChI is InChI=1S/C18H22N4O3/c19-17-16(21-14(10-20-17)13-6-8-25-9-7-13)18(24)22-15(11-23)12-4-2-1-3-5-12/h1-5,10,13,15,23H,6-9,11H2,(H2,19,20)(H,22,24)/t15-/m1/s1.